The number of carboxylic acid groups (broad SMARTS) is 1. The van der Waals surface area contributed by atoms with Crippen LogP contribution in [0, 0.1) is 16.7 Å². The summed E-state index contributed by atoms with van der Waals surface area (Å²) in [6.45, 7) is 11.4. The van der Waals surface area contributed by atoms with Gasteiger partial charge in [-0.15, -0.1) is 0 Å². The first-order chi connectivity index (χ1) is 16.2. The van der Waals surface area contributed by atoms with E-state index in [1.54, 1.807) is 6.08 Å². The van der Waals surface area contributed by atoms with Crippen LogP contribution < -0.4 is 10.6 Å². The maximum absolute atomic E-state index is 11.7. The van der Waals surface area contributed by atoms with Crippen molar-refractivity contribution in [3.63, 3.8) is 0 Å². The summed E-state index contributed by atoms with van der Waals surface area (Å²) in [5, 5.41) is 25.7. The van der Waals surface area contributed by atoms with Gasteiger partial charge in [0.15, 0.2) is 0 Å². The molecule has 0 aromatic heterocycles. The molecule has 0 amide bonds. The fraction of sp³-hybridized carbons (Fsp3) is 0.538. The lowest BCUT2D eigenvalue weighted by molar-refractivity contribution is -0.132. The standard InChI is InChI=1S/C26H38N4O3S/c1-6-22(21(25(31)32)14-19(3)33-5)28-11-7-9-26(4,10-8-12-34)17-30-18(2)13-20(16-27)15-23-24(30)29-23/h6,13-15,23-24,28-29,34H,3,7-12,17H2,1-2,4-5H3,(H,31,32)/b21-14+,22-6+. The number of rotatable bonds is 14. The lowest BCUT2D eigenvalue weighted by atomic mass is 9.80. The van der Waals surface area contributed by atoms with Crippen molar-refractivity contribution >= 4 is 18.6 Å². The Kier molecular flexibility index (Phi) is 10.3. The van der Waals surface area contributed by atoms with Gasteiger partial charge in [0.1, 0.15) is 5.76 Å². The average molecular weight is 487 g/mol. The summed E-state index contributed by atoms with van der Waals surface area (Å²) in [5.41, 5.74) is 2.54. The lowest BCUT2D eigenvalue weighted by Crippen LogP contribution is -2.38. The molecule has 0 bridgehead atoms. The first kappa shape index (κ1) is 27.6. The van der Waals surface area contributed by atoms with Gasteiger partial charge in [0.25, 0.3) is 0 Å². The van der Waals surface area contributed by atoms with Gasteiger partial charge >= 0.3 is 5.97 Å². The van der Waals surface area contributed by atoms with Crippen LogP contribution in [-0.4, -0.2) is 54.1 Å². The van der Waals surface area contributed by atoms with Gasteiger partial charge in [0, 0.05) is 24.5 Å². The maximum Gasteiger partial charge on any atom is 0.337 e. The number of nitrogens with one attached hydrogen (secondary N) is 2. The average Bonchev–Trinajstić information content (AvgIpc) is 3.58. The molecular formula is C26H38N4O3S. The molecule has 2 aliphatic rings. The molecule has 0 aromatic rings. The predicted octanol–water partition coefficient (Wildman–Crippen LogP) is 4.11. The summed E-state index contributed by atoms with van der Waals surface area (Å²) < 4.78 is 5.02. The molecule has 0 saturated carbocycles. The molecule has 0 aliphatic carbocycles. The number of carboxylic acids is 1. The van der Waals surface area contributed by atoms with Crippen LogP contribution in [-0.2, 0) is 9.53 Å². The maximum atomic E-state index is 11.7. The highest BCUT2D eigenvalue weighted by atomic mass is 32.1. The molecular weight excluding hydrogens is 448 g/mol. The van der Waals surface area contributed by atoms with E-state index in [1.807, 2.05) is 19.1 Å². The Morgan fingerprint density at radius 1 is 1.47 bits per heavy atom. The fourth-order valence-electron chi connectivity index (χ4n) is 4.39. The summed E-state index contributed by atoms with van der Waals surface area (Å²) in [7, 11) is 1.46. The van der Waals surface area contributed by atoms with E-state index in [-0.39, 0.29) is 23.2 Å². The van der Waals surface area contributed by atoms with E-state index < -0.39 is 5.97 Å². The van der Waals surface area contributed by atoms with E-state index in [1.165, 1.54) is 13.2 Å². The second-order valence-electron chi connectivity index (χ2n) is 9.19. The number of carbonyl (C=O) groups is 1. The van der Waals surface area contributed by atoms with E-state index >= 15 is 0 Å². The van der Waals surface area contributed by atoms with Gasteiger partial charge in [-0.3, -0.25) is 5.32 Å². The van der Waals surface area contributed by atoms with E-state index in [0.717, 1.165) is 43.7 Å². The van der Waals surface area contributed by atoms with Crippen molar-refractivity contribution in [3.05, 3.63) is 59.2 Å². The Bertz CT molecular complexity index is 931. The van der Waals surface area contributed by atoms with Gasteiger partial charge in [0.2, 0.25) is 0 Å². The van der Waals surface area contributed by atoms with Crippen LogP contribution in [0.1, 0.15) is 46.5 Å². The molecule has 0 radical (unpaired) electrons. The molecule has 1 fully saturated rings. The molecule has 3 unspecified atom stereocenters. The molecule has 0 spiro atoms. The first-order valence-corrected chi connectivity index (χ1v) is 12.3. The minimum atomic E-state index is -1.03. The van der Waals surface area contributed by atoms with E-state index in [4.69, 9.17) is 4.74 Å². The van der Waals surface area contributed by atoms with Crippen molar-refractivity contribution < 1.29 is 14.6 Å². The van der Waals surface area contributed by atoms with Crippen molar-refractivity contribution in [3.8, 4) is 6.07 Å². The SMILES string of the molecule is C=C(/C=C(C(=O)O)\C(=C/C)NCCCC(C)(CCCS)CN1C(C)=CC(C#N)=CC2NC21)OC. The Morgan fingerprint density at radius 3 is 2.76 bits per heavy atom. The summed E-state index contributed by atoms with van der Waals surface area (Å²) >= 11 is 4.43. The second-order valence-corrected chi connectivity index (χ2v) is 9.64. The fourth-order valence-corrected chi connectivity index (χ4v) is 4.55. The van der Waals surface area contributed by atoms with Gasteiger partial charge in [-0.05, 0) is 68.9 Å². The number of hydrogen-bond donors (Lipinski definition) is 4. The van der Waals surface area contributed by atoms with Crippen molar-refractivity contribution in [2.24, 2.45) is 5.41 Å². The van der Waals surface area contributed by atoms with Crippen molar-refractivity contribution in [2.45, 2.75) is 58.7 Å². The third kappa shape index (κ3) is 7.71. The van der Waals surface area contributed by atoms with Crippen LogP contribution in [0.5, 0.6) is 0 Å². The summed E-state index contributed by atoms with van der Waals surface area (Å²) in [6.07, 6.45) is 11.3. The van der Waals surface area contributed by atoms with Crippen molar-refractivity contribution in [1.82, 2.24) is 15.5 Å². The number of ether oxygens (including phenoxy) is 1. The summed E-state index contributed by atoms with van der Waals surface area (Å²) in [5.74, 6) is 0.101. The number of allylic oxidation sites excluding steroid dienone is 5. The van der Waals surface area contributed by atoms with Crippen LogP contribution >= 0.6 is 12.6 Å². The van der Waals surface area contributed by atoms with Crippen LogP contribution in [0.3, 0.4) is 0 Å². The van der Waals surface area contributed by atoms with E-state index in [9.17, 15) is 15.2 Å². The number of nitrogens with zero attached hydrogens (tertiary/aromatic N) is 2. The number of methoxy groups -OCH3 is 1. The molecule has 7 nitrogen and oxygen atoms in total. The van der Waals surface area contributed by atoms with Crippen LogP contribution in [0.2, 0.25) is 0 Å². The zero-order valence-electron chi connectivity index (χ0n) is 20.7. The molecule has 1 saturated heterocycles. The van der Waals surface area contributed by atoms with Gasteiger partial charge < -0.3 is 20.1 Å². The smallest absolute Gasteiger partial charge is 0.337 e. The van der Waals surface area contributed by atoms with Gasteiger partial charge in [0.05, 0.1) is 36.5 Å². The van der Waals surface area contributed by atoms with Crippen molar-refractivity contribution in [2.75, 3.05) is 26.0 Å². The molecule has 8 heteroatoms. The third-order valence-electron chi connectivity index (χ3n) is 6.38. The highest BCUT2D eigenvalue weighted by Gasteiger charge is 2.43. The first-order valence-electron chi connectivity index (χ1n) is 11.7. The molecule has 2 heterocycles. The molecule has 3 N–H and O–H groups in total. The van der Waals surface area contributed by atoms with Gasteiger partial charge in [-0.2, -0.15) is 17.9 Å². The quantitative estimate of drug-likeness (QED) is 0.0731. The van der Waals surface area contributed by atoms with E-state index in [0.29, 0.717) is 23.6 Å². The molecule has 186 valence electrons. The molecule has 0 aromatic carbocycles. The zero-order valence-corrected chi connectivity index (χ0v) is 21.6. The van der Waals surface area contributed by atoms with Crippen LogP contribution in [0.15, 0.2) is 59.2 Å². The van der Waals surface area contributed by atoms with Crippen LogP contribution in [0.4, 0.5) is 0 Å². The van der Waals surface area contributed by atoms with Gasteiger partial charge in [-0.1, -0.05) is 19.6 Å². The Labute approximate surface area is 209 Å². The highest BCUT2D eigenvalue weighted by Crippen LogP contribution is 2.36. The molecule has 3 atom stereocenters. The molecule has 2 aliphatic heterocycles. The number of fused-ring (bicyclic) bond motifs is 1. The number of nitriles is 1. The normalized spacial score (nSPS) is 21.8. The van der Waals surface area contributed by atoms with Gasteiger partial charge in [-0.25, -0.2) is 4.79 Å². The Morgan fingerprint density at radius 2 is 2.18 bits per heavy atom. The third-order valence-corrected chi connectivity index (χ3v) is 6.69. The van der Waals surface area contributed by atoms with Crippen LogP contribution in [0.25, 0.3) is 0 Å². The number of thiol groups is 1. The Hall–Kier alpha value is -2.63. The lowest BCUT2D eigenvalue weighted by Gasteiger charge is -2.37. The summed E-state index contributed by atoms with van der Waals surface area (Å²) in [4.78, 5) is 14.1. The van der Waals surface area contributed by atoms with Crippen molar-refractivity contribution in [1.29, 1.82) is 5.26 Å². The number of hydrogen-bond acceptors (Lipinski definition) is 7. The summed E-state index contributed by atoms with van der Waals surface area (Å²) in [6, 6.07) is 2.50. The predicted molar refractivity (Wildman–Crippen MR) is 139 cm³/mol. The molecule has 2 rings (SSSR count). The minimum absolute atomic E-state index is 0.0529. The second kappa shape index (κ2) is 12.7. The number of aliphatic carboxylic acids is 1. The molecule has 34 heavy (non-hydrogen) atoms. The zero-order chi connectivity index (χ0) is 25.3. The minimum Gasteiger partial charge on any atom is -0.497 e. The largest absolute Gasteiger partial charge is 0.497 e. The monoisotopic (exact) mass is 486 g/mol. The Balaban J connectivity index is 2.04. The van der Waals surface area contributed by atoms with E-state index in [2.05, 4.69) is 54.7 Å². The topological polar surface area (TPSA) is 108 Å². The highest BCUT2D eigenvalue weighted by molar-refractivity contribution is 7.80.